The van der Waals surface area contributed by atoms with Crippen LogP contribution in [0.5, 0.6) is 0 Å². The first kappa shape index (κ1) is 16.8. The van der Waals surface area contributed by atoms with Crippen molar-refractivity contribution in [2.24, 2.45) is 0 Å². The second kappa shape index (κ2) is 6.23. The number of carbonyl (C=O) groups excluding carboxylic acids is 2. The molecule has 2 aromatic rings. The summed E-state index contributed by atoms with van der Waals surface area (Å²) in [5.41, 5.74) is 2.88. The van der Waals surface area contributed by atoms with Gasteiger partial charge in [-0.15, -0.1) is 0 Å². The first-order valence-electron chi connectivity index (χ1n) is 8.89. The maximum Gasteiger partial charge on any atom is 0.254 e. The van der Waals surface area contributed by atoms with E-state index in [0.717, 1.165) is 16.7 Å². The van der Waals surface area contributed by atoms with E-state index in [-0.39, 0.29) is 23.8 Å². The Hall–Kier alpha value is -2.70. The van der Waals surface area contributed by atoms with Crippen molar-refractivity contribution in [2.45, 2.75) is 39.2 Å². The highest BCUT2D eigenvalue weighted by molar-refractivity contribution is 5.96. The minimum Gasteiger partial charge on any atom is -0.339 e. The zero-order chi connectivity index (χ0) is 18.4. The summed E-state index contributed by atoms with van der Waals surface area (Å²) in [7, 11) is 0. The molecule has 136 valence electrons. The number of carbonyl (C=O) groups is 2. The normalized spacial score (nSPS) is 20.6. The zero-order valence-corrected chi connectivity index (χ0v) is 15.2. The lowest BCUT2D eigenvalue weighted by Crippen LogP contribution is -2.61. The number of benzene rings is 1. The third-order valence-electron chi connectivity index (χ3n) is 5.48. The summed E-state index contributed by atoms with van der Waals surface area (Å²) >= 11 is 0. The van der Waals surface area contributed by atoms with Crippen molar-refractivity contribution in [3.8, 4) is 0 Å². The molecule has 1 unspecified atom stereocenters. The minimum absolute atomic E-state index is 0.0400. The van der Waals surface area contributed by atoms with Gasteiger partial charge in [-0.25, -0.2) is 0 Å². The van der Waals surface area contributed by atoms with Gasteiger partial charge >= 0.3 is 0 Å². The molecule has 0 radical (unpaired) electrons. The highest BCUT2D eigenvalue weighted by atomic mass is 16.5. The van der Waals surface area contributed by atoms with Crippen molar-refractivity contribution >= 4 is 11.8 Å². The molecule has 0 bridgehead atoms. The van der Waals surface area contributed by atoms with Gasteiger partial charge in [-0.2, -0.15) is 4.98 Å². The molecule has 2 fully saturated rings. The van der Waals surface area contributed by atoms with Gasteiger partial charge in [0.25, 0.3) is 5.91 Å². The molecular weight excluding hydrogens is 332 g/mol. The van der Waals surface area contributed by atoms with E-state index in [1.807, 2.05) is 41.8 Å². The van der Waals surface area contributed by atoms with Crippen LogP contribution in [0.15, 0.2) is 22.7 Å². The highest BCUT2D eigenvalue weighted by Crippen LogP contribution is 2.31. The summed E-state index contributed by atoms with van der Waals surface area (Å²) in [4.78, 5) is 33.0. The maximum atomic E-state index is 12.7. The van der Waals surface area contributed by atoms with Crippen LogP contribution in [0, 0.1) is 20.8 Å². The quantitative estimate of drug-likeness (QED) is 0.840. The van der Waals surface area contributed by atoms with Crippen molar-refractivity contribution in [3.63, 3.8) is 0 Å². The molecule has 1 aromatic carbocycles. The van der Waals surface area contributed by atoms with Gasteiger partial charge in [-0.05, 0) is 38.0 Å². The smallest absolute Gasteiger partial charge is 0.254 e. The van der Waals surface area contributed by atoms with Gasteiger partial charge in [0.15, 0.2) is 5.82 Å². The van der Waals surface area contributed by atoms with E-state index >= 15 is 0 Å². The average molecular weight is 354 g/mol. The number of rotatable bonds is 3. The molecule has 7 heteroatoms. The van der Waals surface area contributed by atoms with Crippen molar-refractivity contribution in [3.05, 3.63) is 46.6 Å². The van der Waals surface area contributed by atoms with E-state index in [4.69, 9.17) is 4.52 Å². The molecule has 0 spiro atoms. The van der Waals surface area contributed by atoms with Gasteiger partial charge < -0.3 is 14.3 Å². The average Bonchev–Trinajstić information content (AvgIpc) is 3.15. The third kappa shape index (κ3) is 2.77. The number of hydrogen-bond donors (Lipinski definition) is 0. The first-order chi connectivity index (χ1) is 12.4. The second-order valence-electron chi connectivity index (χ2n) is 7.24. The Morgan fingerprint density at radius 3 is 2.65 bits per heavy atom. The Morgan fingerprint density at radius 2 is 1.96 bits per heavy atom. The number of nitrogens with zero attached hydrogens (tertiary/aromatic N) is 4. The first-order valence-corrected chi connectivity index (χ1v) is 8.89. The summed E-state index contributed by atoms with van der Waals surface area (Å²) in [6.45, 7) is 7.48. The van der Waals surface area contributed by atoms with Crippen LogP contribution >= 0.6 is 0 Å². The van der Waals surface area contributed by atoms with Crippen LogP contribution in [-0.4, -0.2) is 57.4 Å². The molecule has 3 heterocycles. The van der Waals surface area contributed by atoms with Crippen LogP contribution in [0.2, 0.25) is 0 Å². The minimum atomic E-state index is -0.0486. The molecule has 2 amide bonds. The molecule has 7 nitrogen and oxygen atoms in total. The Morgan fingerprint density at radius 1 is 1.19 bits per heavy atom. The molecule has 2 aliphatic rings. The van der Waals surface area contributed by atoms with Gasteiger partial charge in [0, 0.05) is 31.6 Å². The summed E-state index contributed by atoms with van der Waals surface area (Å²) in [5, 5.41) is 3.81. The lowest BCUT2D eigenvalue weighted by atomic mass is 9.99. The van der Waals surface area contributed by atoms with Crippen LogP contribution in [0.3, 0.4) is 0 Å². The topological polar surface area (TPSA) is 79.5 Å². The fraction of sp³-hybridized carbons (Fsp3) is 0.474. The Balaban J connectivity index is 1.39. The number of aryl methyl sites for hydroxylation is 2. The molecule has 0 aliphatic carbocycles. The Bertz CT molecular complexity index is 869. The molecular formula is C19H22N4O3. The van der Waals surface area contributed by atoms with E-state index in [9.17, 15) is 9.59 Å². The predicted octanol–water partition coefficient (Wildman–Crippen LogP) is 1.84. The molecule has 1 aromatic heterocycles. The number of amides is 2. The van der Waals surface area contributed by atoms with Gasteiger partial charge in [0.05, 0.1) is 12.0 Å². The van der Waals surface area contributed by atoms with Crippen LogP contribution in [0.25, 0.3) is 0 Å². The Kier molecular flexibility index (Phi) is 4.01. The molecule has 26 heavy (non-hydrogen) atoms. The van der Waals surface area contributed by atoms with Crippen LogP contribution in [0.1, 0.15) is 45.5 Å². The molecule has 0 N–H and O–H groups in total. The molecule has 2 saturated heterocycles. The lowest BCUT2D eigenvalue weighted by Gasteiger charge is -2.44. The second-order valence-corrected chi connectivity index (χ2v) is 7.24. The maximum absolute atomic E-state index is 12.7. The van der Waals surface area contributed by atoms with Crippen LogP contribution < -0.4 is 0 Å². The SMILES string of the molecule is Cc1noc(C2CC(=O)N(C3CN(C(=O)c4cccc(C)c4C)C3)C2)n1. The van der Waals surface area contributed by atoms with Gasteiger partial charge in [0.1, 0.15) is 0 Å². The summed E-state index contributed by atoms with van der Waals surface area (Å²) < 4.78 is 5.21. The standard InChI is InChI=1S/C19H22N4O3/c1-11-5-4-6-16(12(11)2)19(25)22-9-15(10-22)23-8-14(7-17(23)24)18-20-13(3)21-26-18/h4-6,14-15H,7-10H2,1-3H3. The van der Waals surface area contributed by atoms with E-state index < -0.39 is 0 Å². The van der Waals surface area contributed by atoms with Crippen molar-refractivity contribution < 1.29 is 14.1 Å². The van der Waals surface area contributed by atoms with Crippen LogP contribution in [0.4, 0.5) is 0 Å². The lowest BCUT2D eigenvalue weighted by molar-refractivity contribution is -0.132. The molecule has 4 rings (SSSR count). The monoisotopic (exact) mass is 354 g/mol. The fourth-order valence-electron chi connectivity index (χ4n) is 3.70. The summed E-state index contributed by atoms with van der Waals surface area (Å²) in [5.74, 6) is 1.20. The van der Waals surface area contributed by atoms with Crippen molar-refractivity contribution in [2.75, 3.05) is 19.6 Å². The van der Waals surface area contributed by atoms with Gasteiger partial charge in [-0.3, -0.25) is 9.59 Å². The predicted molar refractivity (Wildman–Crippen MR) is 93.7 cm³/mol. The number of aromatic nitrogens is 2. The molecule has 2 aliphatic heterocycles. The summed E-state index contributed by atoms with van der Waals surface area (Å²) in [6, 6.07) is 5.86. The van der Waals surface area contributed by atoms with E-state index in [0.29, 0.717) is 37.8 Å². The third-order valence-corrected chi connectivity index (χ3v) is 5.48. The van der Waals surface area contributed by atoms with E-state index in [1.54, 1.807) is 6.92 Å². The molecule has 1 atom stereocenters. The largest absolute Gasteiger partial charge is 0.339 e. The van der Waals surface area contributed by atoms with Gasteiger partial charge in [0.2, 0.25) is 11.8 Å². The number of hydrogen-bond acceptors (Lipinski definition) is 5. The molecule has 0 saturated carbocycles. The van der Waals surface area contributed by atoms with Crippen molar-refractivity contribution in [1.82, 2.24) is 19.9 Å². The fourth-order valence-corrected chi connectivity index (χ4v) is 3.70. The van der Waals surface area contributed by atoms with Crippen LogP contribution in [-0.2, 0) is 4.79 Å². The van der Waals surface area contributed by atoms with Crippen molar-refractivity contribution in [1.29, 1.82) is 0 Å². The highest BCUT2D eigenvalue weighted by Gasteiger charge is 2.43. The van der Waals surface area contributed by atoms with E-state index in [2.05, 4.69) is 10.1 Å². The van der Waals surface area contributed by atoms with E-state index in [1.165, 1.54) is 0 Å². The van der Waals surface area contributed by atoms with Gasteiger partial charge in [-0.1, -0.05) is 17.3 Å². The zero-order valence-electron chi connectivity index (χ0n) is 15.2. The Labute approximate surface area is 152 Å². The summed E-state index contributed by atoms with van der Waals surface area (Å²) in [6.07, 6.45) is 0.392. The number of likely N-dealkylation sites (tertiary alicyclic amines) is 2.